The standard InChI is InChI=1S/C17H17NO3/c1-12-6-7-14(5-3-4-8-19)10-16(12)18-17(20)15-9-13(2)21-11-15/h6-7,9-11,19H,4,8H2,1-2H3,(H,18,20). The summed E-state index contributed by atoms with van der Waals surface area (Å²) < 4.78 is 5.14. The van der Waals surface area contributed by atoms with Crippen molar-refractivity contribution in [2.45, 2.75) is 20.3 Å². The largest absolute Gasteiger partial charge is 0.469 e. The zero-order valence-electron chi connectivity index (χ0n) is 12.1. The highest BCUT2D eigenvalue weighted by atomic mass is 16.3. The molecule has 0 fully saturated rings. The molecule has 0 bridgehead atoms. The van der Waals surface area contributed by atoms with E-state index in [-0.39, 0.29) is 12.5 Å². The number of hydrogen-bond acceptors (Lipinski definition) is 3. The van der Waals surface area contributed by atoms with Crippen molar-refractivity contribution in [2.75, 3.05) is 11.9 Å². The van der Waals surface area contributed by atoms with Gasteiger partial charge in [0, 0.05) is 17.7 Å². The van der Waals surface area contributed by atoms with E-state index in [1.165, 1.54) is 6.26 Å². The topological polar surface area (TPSA) is 62.5 Å². The zero-order chi connectivity index (χ0) is 15.2. The molecule has 1 aromatic heterocycles. The van der Waals surface area contributed by atoms with Gasteiger partial charge >= 0.3 is 0 Å². The number of carbonyl (C=O) groups is 1. The van der Waals surface area contributed by atoms with Gasteiger partial charge in [0.15, 0.2) is 0 Å². The molecule has 4 nitrogen and oxygen atoms in total. The summed E-state index contributed by atoms with van der Waals surface area (Å²) in [6, 6.07) is 7.30. The predicted octanol–water partition coefficient (Wildman–Crippen LogP) is 2.88. The van der Waals surface area contributed by atoms with Crippen molar-refractivity contribution in [3.05, 3.63) is 53.0 Å². The van der Waals surface area contributed by atoms with E-state index in [9.17, 15) is 4.79 Å². The number of nitrogens with one attached hydrogen (secondary N) is 1. The third-order valence-corrected chi connectivity index (χ3v) is 2.95. The lowest BCUT2D eigenvalue weighted by Gasteiger charge is -2.07. The molecule has 0 atom stereocenters. The number of furan rings is 1. The second-order valence-corrected chi connectivity index (χ2v) is 4.71. The van der Waals surface area contributed by atoms with E-state index < -0.39 is 0 Å². The van der Waals surface area contributed by atoms with Crippen LogP contribution in [0.2, 0.25) is 0 Å². The Kier molecular flexibility index (Phi) is 4.81. The minimum Gasteiger partial charge on any atom is -0.469 e. The maximum absolute atomic E-state index is 12.1. The molecule has 21 heavy (non-hydrogen) atoms. The molecule has 0 saturated carbocycles. The molecule has 2 rings (SSSR count). The second kappa shape index (κ2) is 6.78. The van der Waals surface area contributed by atoms with Gasteiger partial charge in [0.1, 0.15) is 12.0 Å². The summed E-state index contributed by atoms with van der Waals surface area (Å²) in [6.07, 6.45) is 1.87. The van der Waals surface area contributed by atoms with Crippen LogP contribution in [0.5, 0.6) is 0 Å². The number of aliphatic hydroxyl groups is 1. The number of benzene rings is 1. The maximum Gasteiger partial charge on any atom is 0.258 e. The summed E-state index contributed by atoms with van der Waals surface area (Å²) in [4.78, 5) is 12.1. The zero-order valence-corrected chi connectivity index (χ0v) is 12.1. The van der Waals surface area contributed by atoms with Crippen LogP contribution < -0.4 is 5.32 Å². The van der Waals surface area contributed by atoms with Gasteiger partial charge in [-0.15, -0.1) is 0 Å². The Bertz CT molecular complexity index is 704. The van der Waals surface area contributed by atoms with Crippen LogP contribution in [-0.2, 0) is 0 Å². The van der Waals surface area contributed by atoms with Gasteiger partial charge in [0.05, 0.1) is 12.2 Å². The molecule has 1 heterocycles. The third kappa shape index (κ3) is 3.98. The first kappa shape index (κ1) is 14.9. The lowest BCUT2D eigenvalue weighted by molar-refractivity contribution is 0.102. The van der Waals surface area contributed by atoms with Gasteiger partial charge in [0.25, 0.3) is 5.91 Å². The fourth-order valence-electron chi connectivity index (χ4n) is 1.81. The SMILES string of the molecule is Cc1cc(C(=O)Nc2cc(C#CCCO)ccc2C)co1. The van der Waals surface area contributed by atoms with E-state index in [1.54, 1.807) is 13.0 Å². The highest BCUT2D eigenvalue weighted by Crippen LogP contribution is 2.18. The lowest BCUT2D eigenvalue weighted by atomic mass is 10.1. The molecule has 2 N–H and O–H groups in total. The van der Waals surface area contributed by atoms with Crippen LogP contribution in [0.15, 0.2) is 34.9 Å². The summed E-state index contributed by atoms with van der Waals surface area (Å²) in [5, 5.41) is 11.6. The summed E-state index contributed by atoms with van der Waals surface area (Å²) in [5.74, 6) is 6.29. The summed E-state index contributed by atoms with van der Waals surface area (Å²) >= 11 is 0. The molecule has 0 saturated heterocycles. The highest BCUT2D eigenvalue weighted by Gasteiger charge is 2.10. The number of aliphatic hydroxyl groups excluding tert-OH is 1. The average molecular weight is 283 g/mol. The number of amides is 1. The number of carbonyl (C=O) groups excluding carboxylic acids is 1. The van der Waals surface area contributed by atoms with Gasteiger partial charge in [-0.1, -0.05) is 17.9 Å². The van der Waals surface area contributed by atoms with Crippen LogP contribution in [0.3, 0.4) is 0 Å². The van der Waals surface area contributed by atoms with Crippen LogP contribution in [-0.4, -0.2) is 17.6 Å². The molecular formula is C17H17NO3. The molecular weight excluding hydrogens is 266 g/mol. The van der Waals surface area contributed by atoms with Crippen molar-refractivity contribution in [2.24, 2.45) is 0 Å². The van der Waals surface area contributed by atoms with Gasteiger partial charge in [-0.2, -0.15) is 0 Å². The fourth-order valence-corrected chi connectivity index (χ4v) is 1.81. The van der Waals surface area contributed by atoms with E-state index in [4.69, 9.17) is 9.52 Å². The maximum atomic E-state index is 12.1. The Hall–Kier alpha value is -2.51. The number of hydrogen-bond donors (Lipinski definition) is 2. The Morgan fingerprint density at radius 1 is 1.33 bits per heavy atom. The second-order valence-electron chi connectivity index (χ2n) is 4.71. The Labute approximate surface area is 123 Å². The number of aryl methyl sites for hydroxylation is 2. The van der Waals surface area contributed by atoms with Crippen molar-refractivity contribution >= 4 is 11.6 Å². The van der Waals surface area contributed by atoms with Crippen molar-refractivity contribution in [1.82, 2.24) is 0 Å². The Balaban J connectivity index is 2.17. The van der Waals surface area contributed by atoms with Crippen LogP contribution in [0.1, 0.15) is 33.7 Å². The van der Waals surface area contributed by atoms with Gasteiger partial charge in [-0.3, -0.25) is 4.79 Å². The lowest BCUT2D eigenvalue weighted by Crippen LogP contribution is -2.12. The molecule has 1 amide bonds. The normalized spacial score (nSPS) is 9.86. The molecule has 2 aromatic rings. The molecule has 0 aliphatic rings. The molecule has 0 spiro atoms. The van der Waals surface area contributed by atoms with E-state index in [0.29, 0.717) is 17.7 Å². The minimum absolute atomic E-state index is 0.0439. The van der Waals surface area contributed by atoms with Crippen LogP contribution in [0.25, 0.3) is 0 Å². The predicted molar refractivity (Wildman–Crippen MR) is 81.2 cm³/mol. The van der Waals surface area contributed by atoms with Gasteiger partial charge in [-0.05, 0) is 37.6 Å². The van der Waals surface area contributed by atoms with Gasteiger partial charge in [0.2, 0.25) is 0 Å². The summed E-state index contributed by atoms with van der Waals surface area (Å²) in [5.41, 5.74) is 2.96. The first-order valence-electron chi connectivity index (χ1n) is 6.67. The van der Waals surface area contributed by atoms with Crippen molar-refractivity contribution in [1.29, 1.82) is 0 Å². The van der Waals surface area contributed by atoms with E-state index in [2.05, 4.69) is 17.2 Å². The summed E-state index contributed by atoms with van der Waals surface area (Å²) in [6.45, 7) is 3.75. The van der Waals surface area contributed by atoms with E-state index >= 15 is 0 Å². The van der Waals surface area contributed by atoms with Crippen LogP contribution >= 0.6 is 0 Å². The average Bonchev–Trinajstić information content (AvgIpc) is 2.89. The number of rotatable bonds is 3. The van der Waals surface area contributed by atoms with Crippen molar-refractivity contribution < 1.29 is 14.3 Å². The van der Waals surface area contributed by atoms with Gasteiger partial charge < -0.3 is 14.8 Å². The van der Waals surface area contributed by atoms with E-state index in [0.717, 1.165) is 16.8 Å². The molecule has 0 unspecified atom stereocenters. The van der Waals surface area contributed by atoms with E-state index in [1.807, 2.05) is 25.1 Å². The van der Waals surface area contributed by atoms with Crippen molar-refractivity contribution in [3.8, 4) is 11.8 Å². The third-order valence-electron chi connectivity index (χ3n) is 2.95. The van der Waals surface area contributed by atoms with Gasteiger partial charge in [-0.25, -0.2) is 0 Å². The molecule has 0 aliphatic carbocycles. The molecule has 0 radical (unpaired) electrons. The Morgan fingerprint density at radius 2 is 2.14 bits per heavy atom. The first-order valence-corrected chi connectivity index (χ1v) is 6.67. The highest BCUT2D eigenvalue weighted by molar-refractivity contribution is 6.04. The molecule has 0 aliphatic heterocycles. The fraction of sp³-hybridized carbons (Fsp3) is 0.235. The van der Waals surface area contributed by atoms with Crippen molar-refractivity contribution in [3.63, 3.8) is 0 Å². The molecule has 108 valence electrons. The monoisotopic (exact) mass is 283 g/mol. The minimum atomic E-state index is -0.213. The molecule has 1 aromatic carbocycles. The first-order chi connectivity index (χ1) is 10.1. The van der Waals surface area contributed by atoms with Crippen LogP contribution in [0.4, 0.5) is 5.69 Å². The summed E-state index contributed by atoms with van der Waals surface area (Å²) in [7, 11) is 0. The Morgan fingerprint density at radius 3 is 2.81 bits per heavy atom. The smallest absolute Gasteiger partial charge is 0.258 e. The number of anilines is 1. The van der Waals surface area contributed by atoms with Crippen LogP contribution in [0, 0.1) is 25.7 Å². The molecule has 4 heteroatoms. The quantitative estimate of drug-likeness (QED) is 0.851.